The first kappa shape index (κ1) is 23.9. The number of rotatable bonds is 3. The van der Waals surface area contributed by atoms with Crippen LogP contribution in [0.3, 0.4) is 0 Å². The molecule has 3 heteroatoms. The van der Waals surface area contributed by atoms with E-state index in [2.05, 4.69) is 89.7 Å². The van der Waals surface area contributed by atoms with Crippen LogP contribution in [0, 0.1) is 24.1 Å². The summed E-state index contributed by atoms with van der Waals surface area (Å²) in [4.78, 5) is 0. The molecule has 0 radical (unpaired) electrons. The van der Waals surface area contributed by atoms with Crippen LogP contribution in [0.25, 0.3) is 43.6 Å². The summed E-state index contributed by atoms with van der Waals surface area (Å²) in [5.74, 6) is 2.19. The zero-order chi connectivity index (χ0) is 26.2. The molecule has 0 aliphatic carbocycles. The molecule has 0 bridgehead atoms. The van der Waals surface area contributed by atoms with E-state index in [1.54, 1.807) is 6.07 Å². The lowest BCUT2D eigenvalue weighted by Gasteiger charge is -2.28. The summed E-state index contributed by atoms with van der Waals surface area (Å²) in [7, 11) is 2.10. The molecule has 0 amide bonds. The summed E-state index contributed by atoms with van der Waals surface area (Å²) in [5.41, 5.74) is 6.25. The van der Waals surface area contributed by atoms with Gasteiger partial charge in [0, 0.05) is 17.0 Å². The van der Waals surface area contributed by atoms with Crippen LogP contribution in [0.5, 0.6) is 11.5 Å². The molecule has 2 heterocycles. The van der Waals surface area contributed by atoms with E-state index in [0.717, 1.165) is 57.1 Å². The fourth-order valence-corrected chi connectivity index (χ4v) is 6.16. The predicted octanol–water partition coefficient (Wildman–Crippen LogP) is 8.98. The molecule has 0 N–H and O–H groups in total. The van der Waals surface area contributed by atoms with Crippen molar-refractivity contribution in [1.29, 1.82) is 0 Å². The van der Waals surface area contributed by atoms with Crippen LogP contribution in [-0.4, -0.2) is 0 Å². The average molecular weight is 493 g/mol. The third-order valence-corrected chi connectivity index (χ3v) is 7.65. The highest BCUT2D eigenvalue weighted by Crippen LogP contribution is 2.52. The highest BCUT2D eigenvalue weighted by molar-refractivity contribution is 6.16. The average Bonchev–Trinajstić information content (AvgIpc) is 2.82. The van der Waals surface area contributed by atoms with Crippen LogP contribution in [0.15, 0.2) is 54.7 Å². The fourth-order valence-electron chi connectivity index (χ4n) is 6.16. The van der Waals surface area contributed by atoms with E-state index in [1.165, 1.54) is 33.5 Å². The molecule has 0 saturated carbocycles. The number of pyridine rings is 1. The van der Waals surface area contributed by atoms with Crippen LogP contribution in [0.1, 0.15) is 51.3 Å². The van der Waals surface area contributed by atoms with Crippen molar-refractivity contribution < 1.29 is 13.7 Å². The number of aromatic nitrogens is 1. The second-order valence-corrected chi connectivity index (χ2v) is 12.4. The molecule has 0 saturated heterocycles. The van der Waals surface area contributed by atoms with Crippen LogP contribution < -0.4 is 9.30 Å². The van der Waals surface area contributed by atoms with Gasteiger partial charge in [-0.05, 0) is 82.0 Å². The van der Waals surface area contributed by atoms with Crippen LogP contribution in [0.4, 0.5) is 4.39 Å². The van der Waals surface area contributed by atoms with Gasteiger partial charge in [0.25, 0.3) is 0 Å². The summed E-state index contributed by atoms with van der Waals surface area (Å²) >= 11 is 0. The fraction of sp³-hybridized carbons (Fsp3) is 0.324. The van der Waals surface area contributed by atoms with E-state index in [1.807, 2.05) is 6.07 Å². The molecule has 0 atom stereocenters. The Balaban J connectivity index is 1.76. The van der Waals surface area contributed by atoms with E-state index in [0.29, 0.717) is 5.92 Å². The third kappa shape index (κ3) is 3.87. The minimum atomic E-state index is -0.221. The summed E-state index contributed by atoms with van der Waals surface area (Å²) in [6, 6.07) is 16.2. The third-order valence-electron chi connectivity index (χ3n) is 7.65. The molecule has 1 aliphatic heterocycles. The summed E-state index contributed by atoms with van der Waals surface area (Å²) in [6.07, 6.45) is 4.06. The van der Waals surface area contributed by atoms with Gasteiger partial charge in [-0.15, -0.1) is 0 Å². The Bertz CT molecular complexity index is 1740. The maximum atomic E-state index is 14.3. The standard InChI is InChI=1S/C34H35FNO/c1-19(2)14-21-8-11-24-20(3)30-32-31-25(12-13-36(32)7)26-17-23(35)10-9-22(26)16-29(31)37-33(30)28(27(24)15-21)18-34(4,5)6/h8-13,15-17,19H,14,18H2,1-7H3/q+1. The molecule has 0 unspecified atom stereocenters. The molecule has 0 fully saturated rings. The van der Waals surface area contributed by atoms with Crippen molar-refractivity contribution in [1.82, 2.24) is 0 Å². The maximum Gasteiger partial charge on any atom is 0.228 e. The second kappa shape index (κ2) is 8.28. The first-order valence-corrected chi connectivity index (χ1v) is 13.3. The number of hydrogen-bond acceptors (Lipinski definition) is 1. The Labute approximate surface area is 218 Å². The number of fused-ring (bicyclic) bond motifs is 5. The quantitative estimate of drug-likeness (QED) is 0.177. The van der Waals surface area contributed by atoms with E-state index < -0.39 is 0 Å². The molecule has 188 valence electrons. The van der Waals surface area contributed by atoms with Crippen molar-refractivity contribution >= 4 is 32.3 Å². The van der Waals surface area contributed by atoms with Gasteiger partial charge in [0.2, 0.25) is 5.69 Å². The summed E-state index contributed by atoms with van der Waals surface area (Å²) in [5, 5.41) is 6.55. The minimum absolute atomic E-state index is 0.0861. The highest BCUT2D eigenvalue weighted by atomic mass is 19.1. The lowest BCUT2D eigenvalue weighted by molar-refractivity contribution is -0.659. The van der Waals surface area contributed by atoms with Crippen molar-refractivity contribution in [2.24, 2.45) is 18.4 Å². The van der Waals surface area contributed by atoms with Gasteiger partial charge >= 0.3 is 0 Å². The molecular weight excluding hydrogens is 457 g/mol. The molecule has 5 aromatic rings. The number of ether oxygens (including phenoxy) is 1. The molecule has 6 rings (SSSR count). The molecular formula is C34H35FNO+. The van der Waals surface area contributed by atoms with Crippen molar-refractivity contribution in [3.8, 4) is 22.8 Å². The first-order chi connectivity index (χ1) is 17.5. The maximum absolute atomic E-state index is 14.3. The topological polar surface area (TPSA) is 13.1 Å². The normalized spacial score (nSPS) is 13.0. The number of hydrogen-bond donors (Lipinski definition) is 0. The lowest BCUT2D eigenvalue weighted by atomic mass is 9.81. The molecule has 1 aliphatic rings. The van der Waals surface area contributed by atoms with E-state index >= 15 is 0 Å². The SMILES string of the molecule is Cc1c2c(c(CC(C)(C)C)c3cc(CC(C)C)ccc13)Oc1cc3ccc(F)cc3c3cc[n+](C)c-2c13. The Morgan fingerprint density at radius 1 is 0.919 bits per heavy atom. The van der Waals surface area contributed by atoms with Crippen molar-refractivity contribution in [2.45, 2.75) is 54.4 Å². The van der Waals surface area contributed by atoms with E-state index in [-0.39, 0.29) is 11.2 Å². The number of nitrogens with zero attached hydrogens (tertiary/aromatic N) is 1. The minimum Gasteiger partial charge on any atom is -0.455 e. The molecule has 2 nitrogen and oxygen atoms in total. The zero-order valence-corrected chi connectivity index (χ0v) is 22.9. The summed E-state index contributed by atoms with van der Waals surface area (Å²) < 4.78 is 23.4. The Morgan fingerprint density at radius 2 is 1.70 bits per heavy atom. The Hall–Kier alpha value is -3.46. The van der Waals surface area contributed by atoms with Crippen molar-refractivity contribution in [3.63, 3.8) is 0 Å². The molecule has 0 spiro atoms. The smallest absolute Gasteiger partial charge is 0.228 e. The van der Waals surface area contributed by atoms with Gasteiger partial charge in [0.1, 0.15) is 24.4 Å². The van der Waals surface area contributed by atoms with Gasteiger partial charge < -0.3 is 4.74 Å². The largest absolute Gasteiger partial charge is 0.455 e. The van der Waals surface area contributed by atoms with E-state index in [4.69, 9.17) is 4.74 Å². The van der Waals surface area contributed by atoms with Crippen molar-refractivity contribution in [3.05, 3.63) is 77.2 Å². The van der Waals surface area contributed by atoms with Gasteiger partial charge in [-0.3, -0.25) is 0 Å². The summed E-state index contributed by atoms with van der Waals surface area (Å²) in [6.45, 7) is 13.6. The number of aryl methyl sites for hydroxylation is 2. The monoisotopic (exact) mass is 492 g/mol. The first-order valence-electron chi connectivity index (χ1n) is 13.3. The molecule has 1 aromatic heterocycles. The predicted molar refractivity (Wildman–Crippen MR) is 152 cm³/mol. The van der Waals surface area contributed by atoms with Gasteiger partial charge in [0.05, 0.1) is 10.9 Å². The molecule has 37 heavy (non-hydrogen) atoms. The number of halogens is 1. The Morgan fingerprint density at radius 3 is 2.43 bits per heavy atom. The second-order valence-electron chi connectivity index (χ2n) is 12.4. The van der Waals surface area contributed by atoms with Gasteiger partial charge in [-0.25, -0.2) is 8.96 Å². The Kier molecular flexibility index (Phi) is 5.35. The number of benzene rings is 4. The molecule has 4 aromatic carbocycles. The van der Waals surface area contributed by atoms with Gasteiger partial charge in [-0.1, -0.05) is 58.9 Å². The van der Waals surface area contributed by atoms with Crippen LogP contribution >= 0.6 is 0 Å². The van der Waals surface area contributed by atoms with Crippen LogP contribution in [0.2, 0.25) is 0 Å². The van der Waals surface area contributed by atoms with E-state index in [9.17, 15) is 4.39 Å². The van der Waals surface area contributed by atoms with Crippen molar-refractivity contribution in [2.75, 3.05) is 0 Å². The van der Waals surface area contributed by atoms with Gasteiger partial charge in [-0.2, -0.15) is 0 Å². The highest BCUT2D eigenvalue weighted by Gasteiger charge is 2.34. The zero-order valence-electron chi connectivity index (χ0n) is 22.9. The van der Waals surface area contributed by atoms with Gasteiger partial charge in [0.15, 0.2) is 6.20 Å². The van der Waals surface area contributed by atoms with Crippen LogP contribution in [-0.2, 0) is 19.9 Å². The lowest BCUT2D eigenvalue weighted by Crippen LogP contribution is -2.32.